The normalized spacial score (nSPS) is 25.9. The van der Waals surface area contributed by atoms with Crippen molar-refractivity contribution in [2.24, 2.45) is 0 Å². The summed E-state index contributed by atoms with van der Waals surface area (Å²) >= 11 is 6.44. The minimum absolute atomic E-state index is 0.124. The van der Waals surface area contributed by atoms with Crippen molar-refractivity contribution in [2.45, 2.75) is 83.4 Å². The average molecular weight is 430 g/mol. The van der Waals surface area contributed by atoms with Crippen LogP contribution in [0.5, 0.6) is 6.01 Å². The first-order valence-corrected chi connectivity index (χ1v) is 13.4. The van der Waals surface area contributed by atoms with Gasteiger partial charge in [-0.3, -0.25) is 4.90 Å². The van der Waals surface area contributed by atoms with Crippen molar-refractivity contribution >= 4 is 19.9 Å². The van der Waals surface area contributed by atoms with Gasteiger partial charge in [0.2, 0.25) is 0 Å². The second kappa shape index (κ2) is 7.82. The molecule has 0 radical (unpaired) electrons. The highest BCUT2D eigenvalue weighted by Gasteiger charge is 2.49. The predicted molar refractivity (Wildman–Crippen MR) is 112 cm³/mol. The SMILES string of the molecule is Cc1nc(OC[C@@]23CCCN2C[C@H](F)C3)nc(Cl)c1CO[Si](C)(C)C(C)(C)C. The second-order valence-electron chi connectivity index (χ2n) is 9.77. The molecule has 158 valence electrons. The molecule has 0 unspecified atom stereocenters. The van der Waals surface area contributed by atoms with Crippen molar-refractivity contribution in [2.75, 3.05) is 19.7 Å². The number of fused-ring (bicyclic) bond motifs is 1. The summed E-state index contributed by atoms with van der Waals surface area (Å²) in [5, 5.41) is 0.496. The molecule has 0 saturated carbocycles. The Morgan fingerprint density at radius 3 is 2.68 bits per heavy atom. The van der Waals surface area contributed by atoms with Gasteiger partial charge in [-0.1, -0.05) is 32.4 Å². The van der Waals surface area contributed by atoms with Crippen LogP contribution in [-0.2, 0) is 11.0 Å². The van der Waals surface area contributed by atoms with E-state index in [1.165, 1.54) is 0 Å². The fourth-order valence-corrected chi connectivity index (χ4v) is 5.08. The van der Waals surface area contributed by atoms with E-state index in [0.29, 0.717) is 31.3 Å². The number of halogens is 2. The molecule has 0 amide bonds. The fourth-order valence-electron chi connectivity index (χ4n) is 3.88. The quantitative estimate of drug-likeness (QED) is 0.474. The number of rotatable bonds is 6. The molecule has 1 aromatic heterocycles. The highest BCUT2D eigenvalue weighted by Crippen LogP contribution is 2.40. The minimum Gasteiger partial charge on any atom is -0.461 e. The summed E-state index contributed by atoms with van der Waals surface area (Å²) in [6, 6.07) is 0.266. The van der Waals surface area contributed by atoms with Gasteiger partial charge in [0.1, 0.15) is 17.9 Å². The van der Waals surface area contributed by atoms with E-state index in [1.807, 2.05) is 6.92 Å². The third-order valence-electron chi connectivity index (χ3n) is 6.76. The Balaban J connectivity index is 1.67. The van der Waals surface area contributed by atoms with Gasteiger partial charge in [-0.25, -0.2) is 9.37 Å². The first-order chi connectivity index (χ1) is 12.9. The molecule has 2 fully saturated rings. The van der Waals surface area contributed by atoms with Gasteiger partial charge >= 0.3 is 6.01 Å². The summed E-state index contributed by atoms with van der Waals surface area (Å²) in [5.74, 6) is 0. The van der Waals surface area contributed by atoms with Gasteiger partial charge in [-0.2, -0.15) is 4.98 Å². The Morgan fingerprint density at radius 1 is 1.32 bits per heavy atom. The molecule has 28 heavy (non-hydrogen) atoms. The van der Waals surface area contributed by atoms with Crippen molar-refractivity contribution in [1.29, 1.82) is 0 Å². The van der Waals surface area contributed by atoms with Crippen LogP contribution in [0.1, 0.15) is 51.3 Å². The van der Waals surface area contributed by atoms with E-state index in [4.69, 9.17) is 20.8 Å². The van der Waals surface area contributed by atoms with Crippen LogP contribution in [0.4, 0.5) is 4.39 Å². The molecule has 3 heterocycles. The lowest BCUT2D eigenvalue weighted by Crippen LogP contribution is -2.43. The van der Waals surface area contributed by atoms with Crippen LogP contribution < -0.4 is 4.74 Å². The van der Waals surface area contributed by atoms with Crippen molar-refractivity contribution in [3.05, 3.63) is 16.4 Å². The predicted octanol–water partition coefficient (Wildman–Crippen LogP) is 4.92. The number of alkyl halides is 1. The third-order valence-corrected chi connectivity index (χ3v) is 11.5. The maximum Gasteiger partial charge on any atom is 0.318 e. The van der Waals surface area contributed by atoms with Gasteiger partial charge < -0.3 is 9.16 Å². The van der Waals surface area contributed by atoms with Gasteiger partial charge in [0.25, 0.3) is 0 Å². The zero-order valence-corrected chi connectivity index (χ0v) is 19.7. The molecule has 1 aromatic rings. The van der Waals surface area contributed by atoms with Crippen LogP contribution >= 0.6 is 11.6 Å². The van der Waals surface area contributed by atoms with E-state index >= 15 is 0 Å². The summed E-state index contributed by atoms with van der Waals surface area (Å²) in [6.45, 7) is 15.2. The first kappa shape index (κ1) is 21.9. The summed E-state index contributed by atoms with van der Waals surface area (Å²) < 4.78 is 26.1. The molecule has 2 saturated heterocycles. The van der Waals surface area contributed by atoms with Crippen LogP contribution in [0.25, 0.3) is 0 Å². The van der Waals surface area contributed by atoms with Gasteiger partial charge in [0, 0.05) is 18.5 Å². The highest BCUT2D eigenvalue weighted by atomic mass is 35.5. The molecular formula is C20H33ClFN3O2Si. The monoisotopic (exact) mass is 429 g/mol. The van der Waals surface area contributed by atoms with E-state index < -0.39 is 14.5 Å². The minimum atomic E-state index is -1.89. The zero-order chi connectivity index (χ0) is 20.7. The van der Waals surface area contributed by atoms with E-state index in [1.54, 1.807) is 0 Å². The Kier molecular flexibility index (Phi) is 6.12. The van der Waals surface area contributed by atoms with Gasteiger partial charge in [-0.15, -0.1) is 0 Å². The van der Waals surface area contributed by atoms with Gasteiger partial charge in [0.15, 0.2) is 8.32 Å². The molecule has 0 N–H and O–H groups in total. The van der Waals surface area contributed by atoms with Gasteiger partial charge in [0.05, 0.1) is 17.8 Å². The number of nitrogens with zero attached hydrogens (tertiary/aromatic N) is 3. The van der Waals surface area contributed by atoms with Crippen molar-refractivity contribution in [3.8, 4) is 6.01 Å². The summed E-state index contributed by atoms with van der Waals surface area (Å²) in [6.07, 6.45) is 1.79. The zero-order valence-electron chi connectivity index (χ0n) is 17.9. The molecule has 2 aliphatic rings. The van der Waals surface area contributed by atoms with Crippen molar-refractivity contribution in [3.63, 3.8) is 0 Å². The lowest BCUT2D eigenvalue weighted by Gasteiger charge is -2.36. The molecule has 8 heteroatoms. The fraction of sp³-hybridized carbons (Fsp3) is 0.800. The molecule has 3 rings (SSSR count). The molecule has 5 nitrogen and oxygen atoms in total. The van der Waals surface area contributed by atoms with E-state index in [0.717, 1.165) is 30.6 Å². The molecule has 0 aliphatic carbocycles. The Bertz CT molecular complexity index is 705. The lowest BCUT2D eigenvalue weighted by atomic mass is 9.95. The Labute approximate surface area is 174 Å². The van der Waals surface area contributed by atoms with Crippen LogP contribution in [0.3, 0.4) is 0 Å². The van der Waals surface area contributed by atoms with Gasteiger partial charge in [-0.05, 0) is 44.4 Å². The molecule has 0 aromatic carbocycles. The highest BCUT2D eigenvalue weighted by molar-refractivity contribution is 6.74. The second-order valence-corrected chi connectivity index (χ2v) is 14.9. The molecule has 0 spiro atoms. The lowest BCUT2D eigenvalue weighted by molar-refractivity contribution is 0.107. The number of ether oxygens (including phenoxy) is 1. The van der Waals surface area contributed by atoms with E-state index in [9.17, 15) is 4.39 Å². The van der Waals surface area contributed by atoms with Crippen LogP contribution in [-0.4, -0.2) is 54.6 Å². The Hall–Kier alpha value is -0.763. The number of hydrogen-bond donors (Lipinski definition) is 0. The largest absolute Gasteiger partial charge is 0.461 e. The molecule has 2 aliphatic heterocycles. The number of hydrogen-bond acceptors (Lipinski definition) is 5. The maximum absolute atomic E-state index is 13.9. The summed E-state index contributed by atoms with van der Waals surface area (Å²) in [4.78, 5) is 11.1. The smallest absolute Gasteiger partial charge is 0.318 e. The topological polar surface area (TPSA) is 47.5 Å². The molecule has 2 atom stereocenters. The third kappa shape index (κ3) is 4.37. The number of aryl methyl sites for hydroxylation is 1. The number of aromatic nitrogens is 2. The molecular weight excluding hydrogens is 397 g/mol. The standard InChI is InChI=1S/C20H33ClFN3O2Si/c1-14-16(12-27-28(5,6)19(2,3)4)17(21)24-18(23-14)26-13-20-8-7-9-25(20)11-15(22)10-20/h15H,7-13H2,1-6H3/t15-,20+/m1/s1. The van der Waals surface area contributed by atoms with E-state index in [2.05, 4.69) is 48.7 Å². The Morgan fingerprint density at radius 2 is 2.04 bits per heavy atom. The molecule has 0 bridgehead atoms. The van der Waals surface area contributed by atoms with Crippen LogP contribution in [0.2, 0.25) is 23.3 Å². The van der Waals surface area contributed by atoms with Crippen molar-refractivity contribution < 1.29 is 13.6 Å². The summed E-state index contributed by atoms with van der Waals surface area (Å²) in [7, 11) is -1.89. The van der Waals surface area contributed by atoms with Crippen LogP contribution in [0.15, 0.2) is 0 Å². The van der Waals surface area contributed by atoms with Crippen LogP contribution in [0, 0.1) is 6.92 Å². The van der Waals surface area contributed by atoms with E-state index in [-0.39, 0.29) is 16.6 Å². The van der Waals surface area contributed by atoms with Crippen molar-refractivity contribution in [1.82, 2.24) is 14.9 Å². The first-order valence-electron chi connectivity index (χ1n) is 10.1. The average Bonchev–Trinajstić information content (AvgIpc) is 3.06. The maximum atomic E-state index is 13.9. The summed E-state index contributed by atoms with van der Waals surface area (Å²) in [5.41, 5.74) is 1.36.